The van der Waals surface area contributed by atoms with Crippen molar-refractivity contribution in [3.8, 4) is 0 Å². The molecule has 4 N–H and O–H groups in total. The van der Waals surface area contributed by atoms with E-state index in [0.29, 0.717) is 16.9 Å². The number of aliphatic hydroxyl groups is 1. The number of aliphatic hydroxyl groups excluding tert-OH is 1. The van der Waals surface area contributed by atoms with Crippen LogP contribution in [0.15, 0.2) is 78.9 Å². The van der Waals surface area contributed by atoms with Crippen LogP contribution in [0.2, 0.25) is 0 Å². The predicted molar refractivity (Wildman–Crippen MR) is 130 cm³/mol. The van der Waals surface area contributed by atoms with Crippen molar-refractivity contribution in [2.45, 2.75) is 13.0 Å². The van der Waals surface area contributed by atoms with E-state index >= 15 is 0 Å². The van der Waals surface area contributed by atoms with E-state index in [1.54, 1.807) is 48.5 Å². The van der Waals surface area contributed by atoms with Gasteiger partial charge in [-0.05, 0) is 36.8 Å². The number of hydrogen-bond acceptors (Lipinski definition) is 6. The molecule has 8 heteroatoms. The maximum Gasteiger partial charge on any atom is 0.340 e. The molecule has 0 heterocycles. The second-order valence-electron chi connectivity index (χ2n) is 7.47. The Kier molecular flexibility index (Phi) is 8.76. The van der Waals surface area contributed by atoms with Gasteiger partial charge in [0.15, 0.2) is 6.61 Å². The van der Waals surface area contributed by atoms with Gasteiger partial charge >= 0.3 is 5.97 Å². The Balaban J connectivity index is 1.61. The Morgan fingerprint density at radius 1 is 0.853 bits per heavy atom. The largest absolute Gasteiger partial charge is 0.452 e. The van der Waals surface area contributed by atoms with Crippen molar-refractivity contribution in [1.82, 2.24) is 5.32 Å². The number of nitrogens with one attached hydrogen (secondary N) is 3. The van der Waals surface area contributed by atoms with Crippen molar-refractivity contribution in [1.29, 1.82) is 0 Å². The standard InChI is InChI=1S/C26H27N3O5/c1-18(19-9-3-2-4-10-19)28-25(32)20-11-5-8-14-23(20)29-24(31)17-34-26(33)21-12-6-7-13-22(21)27-15-16-30/h2-14,18,27,30H,15-17H2,1H3,(H,28,32)(H,29,31)/t18-/m0/s1. The maximum atomic E-state index is 12.8. The van der Waals surface area contributed by atoms with Crippen LogP contribution in [0, 0.1) is 0 Å². The number of anilines is 2. The fraction of sp³-hybridized carbons (Fsp3) is 0.192. The zero-order valence-corrected chi connectivity index (χ0v) is 18.8. The van der Waals surface area contributed by atoms with Crippen LogP contribution in [-0.2, 0) is 9.53 Å². The molecule has 0 spiro atoms. The third-order valence-electron chi connectivity index (χ3n) is 5.00. The fourth-order valence-corrected chi connectivity index (χ4v) is 3.29. The average Bonchev–Trinajstić information content (AvgIpc) is 2.87. The summed E-state index contributed by atoms with van der Waals surface area (Å²) in [6.07, 6.45) is 0. The number of benzene rings is 3. The van der Waals surface area contributed by atoms with Crippen LogP contribution in [-0.4, -0.2) is 42.6 Å². The van der Waals surface area contributed by atoms with Gasteiger partial charge in [0.2, 0.25) is 0 Å². The predicted octanol–water partition coefficient (Wildman–Crippen LogP) is 3.38. The van der Waals surface area contributed by atoms with Crippen molar-refractivity contribution in [3.05, 3.63) is 95.6 Å². The first-order valence-corrected chi connectivity index (χ1v) is 10.8. The molecule has 0 aromatic heterocycles. The van der Waals surface area contributed by atoms with Gasteiger partial charge in [-0.3, -0.25) is 9.59 Å². The molecule has 0 fully saturated rings. The summed E-state index contributed by atoms with van der Waals surface area (Å²) in [7, 11) is 0. The molecule has 0 saturated carbocycles. The second-order valence-corrected chi connectivity index (χ2v) is 7.47. The minimum absolute atomic E-state index is 0.0943. The summed E-state index contributed by atoms with van der Waals surface area (Å²) in [5.74, 6) is -1.60. The molecule has 3 aromatic rings. The number of rotatable bonds is 10. The van der Waals surface area contributed by atoms with E-state index < -0.39 is 18.5 Å². The normalized spacial score (nSPS) is 11.2. The van der Waals surface area contributed by atoms with E-state index in [1.165, 1.54) is 0 Å². The van der Waals surface area contributed by atoms with Gasteiger partial charge in [0.25, 0.3) is 11.8 Å². The summed E-state index contributed by atoms with van der Waals surface area (Å²) >= 11 is 0. The van der Waals surface area contributed by atoms with Crippen molar-refractivity contribution in [2.75, 3.05) is 30.4 Å². The molecule has 3 rings (SSSR count). The Bertz CT molecular complexity index is 1130. The van der Waals surface area contributed by atoms with Crippen molar-refractivity contribution >= 4 is 29.2 Å². The molecule has 0 aliphatic heterocycles. The summed E-state index contributed by atoms with van der Waals surface area (Å²) in [5.41, 5.74) is 2.31. The molecule has 176 valence electrons. The van der Waals surface area contributed by atoms with Crippen LogP contribution >= 0.6 is 0 Å². The molecule has 2 amide bonds. The number of hydrogen-bond donors (Lipinski definition) is 4. The lowest BCUT2D eigenvalue weighted by Crippen LogP contribution is -2.28. The SMILES string of the molecule is C[C@H](NC(=O)c1ccccc1NC(=O)COC(=O)c1ccccc1NCCO)c1ccccc1. The Hall–Kier alpha value is -4.17. The third kappa shape index (κ3) is 6.66. The monoisotopic (exact) mass is 461 g/mol. The van der Waals surface area contributed by atoms with Crippen LogP contribution in [0.25, 0.3) is 0 Å². The molecular weight excluding hydrogens is 434 g/mol. The highest BCUT2D eigenvalue weighted by atomic mass is 16.5. The van der Waals surface area contributed by atoms with Gasteiger partial charge in [0.1, 0.15) is 0 Å². The summed E-state index contributed by atoms with van der Waals surface area (Å²) in [6, 6.07) is 22.6. The highest BCUT2D eigenvalue weighted by molar-refractivity contribution is 6.04. The molecule has 0 aliphatic rings. The Morgan fingerprint density at radius 3 is 2.18 bits per heavy atom. The van der Waals surface area contributed by atoms with Crippen molar-refractivity contribution < 1.29 is 24.2 Å². The molecule has 0 aliphatic carbocycles. The molecule has 0 radical (unpaired) electrons. The van der Waals surface area contributed by atoms with E-state index in [9.17, 15) is 14.4 Å². The molecule has 0 unspecified atom stereocenters. The lowest BCUT2D eigenvalue weighted by Gasteiger charge is -2.16. The van der Waals surface area contributed by atoms with E-state index in [2.05, 4.69) is 16.0 Å². The number of amides is 2. The molecule has 8 nitrogen and oxygen atoms in total. The number of ether oxygens (including phenoxy) is 1. The van der Waals surface area contributed by atoms with Gasteiger partial charge in [0, 0.05) is 12.2 Å². The number of carbonyl (C=O) groups excluding carboxylic acids is 3. The number of para-hydroxylation sites is 2. The first kappa shape index (κ1) is 24.5. The minimum atomic E-state index is -0.682. The van der Waals surface area contributed by atoms with Crippen LogP contribution < -0.4 is 16.0 Å². The molecule has 0 saturated heterocycles. The highest BCUT2D eigenvalue weighted by Crippen LogP contribution is 2.19. The van der Waals surface area contributed by atoms with Crippen molar-refractivity contribution in [2.24, 2.45) is 0 Å². The van der Waals surface area contributed by atoms with Crippen LogP contribution in [0.1, 0.15) is 39.2 Å². The zero-order chi connectivity index (χ0) is 24.3. The smallest absolute Gasteiger partial charge is 0.340 e. The molecule has 1 atom stereocenters. The Morgan fingerprint density at radius 2 is 1.47 bits per heavy atom. The average molecular weight is 462 g/mol. The Labute approximate surface area is 198 Å². The van der Waals surface area contributed by atoms with Gasteiger partial charge < -0.3 is 25.8 Å². The van der Waals surface area contributed by atoms with Gasteiger partial charge in [-0.2, -0.15) is 0 Å². The first-order valence-electron chi connectivity index (χ1n) is 10.8. The summed E-state index contributed by atoms with van der Waals surface area (Å²) in [4.78, 5) is 37.7. The topological polar surface area (TPSA) is 117 Å². The van der Waals surface area contributed by atoms with E-state index in [0.717, 1.165) is 5.56 Å². The lowest BCUT2D eigenvalue weighted by atomic mass is 10.1. The summed E-state index contributed by atoms with van der Waals surface area (Å²) in [6.45, 7) is 1.53. The molecule has 0 bridgehead atoms. The summed E-state index contributed by atoms with van der Waals surface area (Å²) in [5, 5.41) is 17.5. The van der Waals surface area contributed by atoms with E-state index in [1.807, 2.05) is 37.3 Å². The maximum absolute atomic E-state index is 12.8. The van der Waals surface area contributed by atoms with Gasteiger partial charge in [-0.1, -0.05) is 54.6 Å². The minimum Gasteiger partial charge on any atom is -0.452 e. The first-order chi connectivity index (χ1) is 16.5. The van der Waals surface area contributed by atoms with Gasteiger partial charge in [-0.15, -0.1) is 0 Å². The fourth-order valence-electron chi connectivity index (χ4n) is 3.29. The van der Waals surface area contributed by atoms with Crippen molar-refractivity contribution in [3.63, 3.8) is 0 Å². The van der Waals surface area contributed by atoms with Crippen LogP contribution in [0.3, 0.4) is 0 Å². The van der Waals surface area contributed by atoms with E-state index in [4.69, 9.17) is 9.84 Å². The van der Waals surface area contributed by atoms with Crippen LogP contribution in [0.5, 0.6) is 0 Å². The van der Waals surface area contributed by atoms with E-state index in [-0.39, 0.29) is 30.7 Å². The molecular formula is C26H27N3O5. The quantitative estimate of drug-likeness (QED) is 0.344. The van der Waals surface area contributed by atoms with Crippen LogP contribution in [0.4, 0.5) is 11.4 Å². The summed E-state index contributed by atoms with van der Waals surface area (Å²) < 4.78 is 5.15. The second kappa shape index (κ2) is 12.2. The number of carbonyl (C=O) groups is 3. The van der Waals surface area contributed by atoms with Gasteiger partial charge in [0.05, 0.1) is 29.5 Å². The highest BCUT2D eigenvalue weighted by Gasteiger charge is 2.18. The lowest BCUT2D eigenvalue weighted by molar-refractivity contribution is -0.119. The molecule has 3 aromatic carbocycles. The third-order valence-corrected chi connectivity index (χ3v) is 5.00. The molecule has 34 heavy (non-hydrogen) atoms. The zero-order valence-electron chi connectivity index (χ0n) is 18.8. The van der Waals surface area contributed by atoms with Gasteiger partial charge in [-0.25, -0.2) is 4.79 Å². The number of esters is 1.